The molecule has 1 aliphatic heterocycles. The number of fused-ring (bicyclic) bond motifs is 3. The minimum atomic E-state index is -0.146. The summed E-state index contributed by atoms with van der Waals surface area (Å²) < 4.78 is 9.59. The first-order chi connectivity index (χ1) is 18.5. The van der Waals surface area contributed by atoms with Gasteiger partial charge in [-0.05, 0) is 43.7 Å². The van der Waals surface area contributed by atoms with Crippen molar-refractivity contribution in [1.29, 1.82) is 0 Å². The molecule has 2 fully saturated rings. The van der Waals surface area contributed by atoms with Crippen LogP contribution >= 0.6 is 0 Å². The number of aromatic nitrogens is 5. The fourth-order valence-corrected chi connectivity index (χ4v) is 6.01. The molecule has 7 rings (SSSR count). The molecule has 9 heteroatoms. The van der Waals surface area contributed by atoms with Crippen molar-refractivity contribution >= 4 is 22.5 Å². The summed E-state index contributed by atoms with van der Waals surface area (Å²) in [5, 5.41) is 0. The van der Waals surface area contributed by atoms with Gasteiger partial charge in [0.15, 0.2) is 17.3 Å². The smallest absolute Gasteiger partial charge is 0.255 e. The number of nitrogens with zero attached hydrogens (tertiary/aromatic N) is 7. The van der Waals surface area contributed by atoms with Crippen LogP contribution in [0, 0.1) is 12.0 Å². The van der Waals surface area contributed by atoms with Crippen LogP contribution in [0.3, 0.4) is 0 Å². The molecule has 1 spiro atoms. The van der Waals surface area contributed by atoms with Crippen LogP contribution in [-0.4, -0.2) is 55.1 Å². The predicted octanol–water partition coefficient (Wildman–Crippen LogP) is 4.18. The van der Waals surface area contributed by atoms with Gasteiger partial charge in [-0.2, -0.15) is 0 Å². The van der Waals surface area contributed by atoms with Crippen LogP contribution in [0.1, 0.15) is 18.4 Å². The molecule has 1 saturated heterocycles. The number of hydrogen-bond acceptors (Lipinski definition) is 6. The number of likely N-dealkylation sites (tertiary alicyclic amines) is 1. The Bertz CT molecular complexity index is 1780. The molecule has 0 unspecified atom stereocenters. The summed E-state index contributed by atoms with van der Waals surface area (Å²) in [6.45, 7) is 9.98. The number of rotatable bonds is 5. The first-order valence-corrected chi connectivity index (χ1v) is 12.6. The summed E-state index contributed by atoms with van der Waals surface area (Å²) >= 11 is 0. The summed E-state index contributed by atoms with van der Waals surface area (Å²) in [7, 11) is 2.16. The third-order valence-corrected chi connectivity index (χ3v) is 7.65. The lowest BCUT2D eigenvalue weighted by molar-refractivity contribution is -0.109. The highest BCUT2D eigenvalue weighted by atomic mass is 16.5. The summed E-state index contributed by atoms with van der Waals surface area (Å²) in [6, 6.07) is 14.7. The quantitative estimate of drug-likeness (QED) is 0.335. The van der Waals surface area contributed by atoms with Crippen molar-refractivity contribution < 1.29 is 4.74 Å². The molecule has 0 amide bonds. The van der Waals surface area contributed by atoms with E-state index < -0.39 is 0 Å². The lowest BCUT2D eigenvalue weighted by Gasteiger charge is -2.57. The highest BCUT2D eigenvalue weighted by Gasteiger charge is 2.52. The maximum atomic E-state index is 12.8. The highest BCUT2D eigenvalue weighted by Crippen LogP contribution is 2.48. The van der Waals surface area contributed by atoms with E-state index in [0.29, 0.717) is 35.0 Å². The minimum Gasteiger partial charge on any atom is -0.487 e. The molecule has 2 aromatic carbocycles. The normalized spacial score (nSPS) is 16.8. The topological polar surface area (TPSA) is 81.9 Å². The summed E-state index contributed by atoms with van der Waals surface area (Å²) in [5.41, 5.74) is 4.18. The van der Waals surface area contributed by atoms with Gasteiger partial charge in [-0.3, -0.25) is 13.8 Å². The van der Waals surface area contributed by atoms with E-state index in [1.165, 1.54) is 19.2 Å². The molecule has 0 atom stereocenters. The Kier molecular flexibility index (Phi) is 5.06. The lowest BCUT2D eigenvalue weighted by atomic mass is 9.62. The molecular formula is C29H25N7O2. The molecule has 1 aliphatic carbocycles. The lowest BCUT2D eigenvalue weighted by Crippen LogP contribution is -2.63. The maximum Gasteiger partial charge on any atom is 0.255 e. The van der Waals surface area contributed by atoms with Crippen LogP contribution in [0.15, 0.2) is 71.9 Å². The van der Waals surface area contributed by atoms with E-state index >= 15 is 0 Å². The first kappa shape index (κ1) is 22.6. The van der Waals surface area contributed by atoms with Crippen molar-refractivity contribution in [2.24, 2.45) is 5.41 Å². The second-order valence-corrected chi connectivity index (χ2v) is 10.6. The second kappa shape index (κ2) is 8.50. The van der Waals surface area contributed by atoms with E-state index in [9.17, 15) is 4.79 Å². The monoisotopic (exact) mass is 503 g/mol. The molecular weight excluding hydrogens is 478 g/mol. The van der Waals surface area contributed by atoms with Crippen molar-refractivity contribution in [3.8, 4) is 17.1 Å². The Balaban J connectivity index is 1.12. The molecule has 9 nitrogen and oxygen atoms in total. The van der Waals surface area contributed by atoms with Gasteiger partial charge in [-0.25, -0.2) is 19.8 Å². The van der Waals surface area contributed by atoms with Crippen molar-refractivity contribution in [2.45, 2.75) is 25.5 Å². The standard InChI is InChI=1S/C29H25N7O2/c1-30-21-6-7-24-25(11-21)35-9-8-26(37)36(28(35)33-24)16-19-4-3-5-20(10-19)27-31-14-23(15-32-27)38-22-12-29(13-22)17-34(2)18-29/h3-11,14-15,22H,12-13,16-18H2,2H3. The maximum absolute atomic E-state index is 12.8. The molecule has 38 heavy (non-hydrogen) atoms. The van der Waals surface area contributed by atoms with Gasteiger partial charge in [0.05, 0.1) is 36.5 Å². The Hall–Kier alpha value is -4.55. The van der Waals surface area contributed by atoms with E-state index in [0.717, 1.165) is 35.0 Å². The average molecular weight is 504 g/mol. The number of benzene rings is 2. The van der Waals surface area contributed by atoms with Crippen LogP contribution in [0.2, 0.25) is 0 Å². The molecule has 0 N–H and O–H groups in total. The predicted molar refractivity (Wildman–Crippen MR) is 143 cm³/mol. The summed E-state index contributed by atoms with van der Waals surface area (Å²) in [6.07, 6.45) is 7.63. The van der Waals surface area contributed by atoms with Gasteiger partial charge >= 0.3 is 0 Å². The molecule has 4 heterocycles. The zero-order valence-electron chi connectivity index (χ0n) is 20.9. The zero-order chi connectivity index (χ0) is 25.9. The first-order valence-electron chi connectivity index (χ1n) is 12.6. The Labute approximate surface area is 218 Å². The Morgan fingerprint density at radius 1 is 1.11 bits per heavy atom. The third-order valence-electron chi connectivity index (χ3n) is 7.65. The largest absolute Gasteiger partial charge is 0.487 e. The van der Waals surface area contributed by atoms with Crippen LogP contribution < -0.4 is 10.3 Å². The van der Waals surface area contributed by atoms with E-state index in [4.69, 9.17) is 11.3 Å². The average Bonchev–Trinajstić information content (AvgIpc) is 3.27. The van der Waals surface area contributed by atoms with Gasteiger partial charge in [0, 0.05) is 36.3 Å². The summed E-state index contributed by atoms with van der Waals surface area (Å²) in [4.78, 5) is 32.5. The second-order valence-electron chi connectivity index (χ2n) is 10.6. The van der Waals surface area contributed by atoms with Gasteiger partial charge in [0.25, 0.3) is 5.56 Å². The number of hydrogen-bond donors (Lipinski definition) is 0. The van der Waals surface area contributed by atoms with Gasteiger partial charge in [-0.1, -0.05) is 24.3 Å². The van der Waals surface area contributed by atoms with Gasteiger partial charge in [-0.15, -0.1) is 0 Å². The van der Waals surface area contributed by atoms with E-state index in [1.807, 2.05) is 34.7 Å². The van der Waals surface area contributed by atoms with E-state index in [-0.39, 0.29) is 11.7 Å². The fourth-order valence-electron chi connectivity index (χ4n) is 6.01. The fraction of sp³-hybridized carbons (Fsp3) is 0.276. The zero-order valence-corrected chi connectivity index (χ0v) is 20.9. The molecule has 0 bridgehead atoms. The SMILES string of the molecule is [C-]#[N+]c1ccc2nc3n(Cc4cccc(-c5ncc(OC6CC7(C6)CN(C)C7)cn5)c4)c(=O)ccn3c2c1. The van der Waals surface area contributed by atoms with Crippen molar-refractivity contribution in [3.05, 3.63) is 94.5 Å². The van der Waals surface area contributed by atoms with E-state index in [2.05, 4.69) is 31.7 Å². The molecule has 5 aromatic rings. The summed E-state index contributed by atoms with van der Waals surface area (Å²) in [5.74, 6) is 1.83. The third kappa shape index (κ3) is 3.81. The molecule has 188 valence electrons. The highest BCUT2D eigenvalue weighted by molar-refractivity contribution is 5.83. The van der Waals surface area contributed by atoms with Crippen LogP contribution in [0.5, 0.6) is 5.75 Å². The van der Waals surface area contributed by atoms with Crippen LogP contribution in [-0.2, 0) is 6.54 Å². The van der Waals surface area contributed by atoms with Crippen molar-refractivity contribution in [1.82, 2.24) is 28.8 Å². The van der Waals surface area contributed by atoms with Crippen LogP contribution in [0.25, 0.3) is 33.0 Å². The van der Waals surface area contributed by atoms with Gasteiger partial charge in [0.1, 0.15) is 6.10 Å². The Morgan fingerprint density at radius 3 is 2.68 bits per heavy atom. The van der Waals surface area contributed by atoms with Gasteiger partial charge in [0.2, 0.25) is 5.78 Å². The van der Waals surface area contributed by atoms with E-state index in [1.54, 1.807) is 35.3 Å². The molecule has 1 saturated carbocycles. The van der Waals surface area contributed by atoms with Crippen molar-refractivity contribution in [2.75, 3.05) is 20.1 Å². The van der Waals surface area contributed by atoms with Crippen LogP contribution in [0.4, 0.5) is 5.69 Å². The molecule has 2 aliphatic rings. The number of ether oxygens (including phenoxy) is 1. The van der Waals surface area contributed by atoms with Gasteiger partial charge < -0.3 is 9.64 Å². The molecule has 3 aromatic heterocycles. The van der Waals surface area contributed by atoms with Crippen molar-refractivity contribution in [3.63, 3.8) is 0 Å². The number of imidazole rings is 1. The molecule has 0 radical (unpaired) electrons. The minimum absolute atomic E-state index is 0.146. The Morgan fingerprint density at radius 2 is 1.92 bits per heavy atom.